The minimum absolute atomic E-state index is 0.0520. The third-order valence-corrected chi connectivity index (χ3v) is 14.1. The number of rotatable bonds is 14. The summed E-state index contributed by atoms with van der Waals surface area (Å²) in [6.45, 7) is 26.8. The van der Waals surface area contributed by atoms with Crippen LogP contribution in [0.1, 0.15) is 157 Å². The minimum Gasteiger partial charge on any atom is -0.477 e. The number of aryl methyl sites for hydroxylation is 2. The first-order valence-electron chi connectivity index (χ1n) is 28.4. The third kappa shape index (κ3) is 33.5. The summed E-state index contributed by atoms with van der Waals surface area (Å²) < 4.78 is 22.2. The molecule has 1 aromatic heterocycles. The van der Waals surface area contributed by atoms with Gasteiger partial charge in [0, 0.05) is 82.7 Å². The number of aliphatic hydroxyl groups excluding tert-OH is 5. The van der Waals surface area contributed by atoms with E-state index in [-0.39, 0.29) is 35.3 Å². The van der Waals surface area contributed by atoms with Gasteiger partial charge in [-0.25, -0.2) is 4.79 Å². The highest BCUT2D eigenvalue weighted by Crippen LogP contribution is 2.33. The number of nitrogens with zero attached hydrogens (tertiary/aromatic N) is 1. The third-order valence-electron chi connectivity index (χ3n) is 13.2. The molecule has 1 aromatic carbocycles. The minimum atomic E-state index is -1.68. The number of aliphatic hydroxyl groups is 6. The van der Waals surface area contributed by atoms with Gasteiger partial charge in [-0.2, -0.15) is 0 Å². The Bertz CT molecular complexity index is 1950. The number of pyridine rings is 1. The van der Waals surface area contributed by atoms with Gasteiger partial charge in [0.25, 0.3) is 0 Å². The van der Waals surface area contributed by atoms with E-state index in [9.17, 15) is 39.3 Å². The van der Waals surface area contributed by atoms with E-state index in [0.29, 0.717) is 81.2 Å². The van der Waals surface area contributed by atoms with E-state index < -0.39 is 35.1 Å². The molecule has 0 spiro atoms. The van der Waals surface area contributed by atoms with Crippen LogP contribution in [0.5, 0.6) is 0 Å². The van der Waals surface area contributed by atoms with E-state index in [1.165, 1.54) is 32.4 Å². The standard InChI is InChI=1S/C21H38O5.C17H18N2O5S.C9H20.C6H12O2.C2H7N.C2H6O.3CH4O/c1-8-17-21(7,25)19(23)16(6)18(22)14(4)10-12(2)9-13(3)11-15(5)20(24)26-17;20-10-18-2-4-24-5-6-25-12-7-11-1-3-19-9-14(17(22)23)16(21)13(8-12)15(11)19;1-5-6-9(4)7-8(2)3;1-5-2-3-6(7)4-8-5;2*1-3-2;3*1-2/h12-17,19,23,25H,8-11H2,1-7H3;7-10H,1-6H2,(H,18,20)(H,22,23);8-9H,5-7H2,1-4H3;5-7H,2-4H2,1H3;3H,1-2H3;1-2H3;3*2H,1H3/t12-,13-,14-,15?,16?,17-,19?,21-;;;5-,6?;;;;;/m1..1...../s1. The van der Waals surface area contributed by atoms with Gasteiger partial charge >= 0.3 is 11.9 Å². The molecule has 3 aliphatic rings. The molecule has 4 heterocycles. The maximum atomic E-state index is 12.8. The lowest BCUT2D eigenvalue weighted by molar-refractivity contribution is -0.189. The largest absolute Gasteiger partial charge is 0.477 e. The molecule has 0 saturated carbocycles. The number of hydrogen-bond donors (Lipinski definition) is 9. The van der Waals surface area contributed by atoms with E-state index in [1.807, 2.05) is 39.4 Å². The number of carboxylic acids is 1. The lowest BCUT2D eigenvalue weighted by Gasteiger charge is -2.39. The summed E-state index contributed by atoms with van der Waals surface area (Å²) in [5.41, 5.74) is -0.380. The predicted octanol–water partition coefficient (Wildman–Crippen LogP) is 7.40. The average Bonchev–Trinajstić information content (AvgIpc) is 3.83. The van der Waals surface area contributed by atoms with Crippen LogP contribution in [0.3, 0.4) is 0 Å². The Hall–Kier alpha value is -3.54. The first-order valence-corrected chi connectivity index (χ1v) is 29.4. The van der Waals surface area contributed by atoms with Gasteiger partial charge in [-0.1, -0.05) is 82.1 Å². The highest BCUT2D eigenvalue weighted by atomic mass is 32.2. The summed E-state index contributed by atoms with van der Waals surface area (Å²) >= 11 is 1.56. The number of hydrogen-bond acceptors (Lipinski definition) is 17. The quantitative estimate of drug-likeness (QED) is 0.0385. The predicted molar refractivity (Wildman–Crippen MR) is 322 cm³/mol. The monoisotopic (exact) mass is 1160 g/mol. The van der Waals surface area contributed by atoms with Crippen LogP contribution < -0.4 is 16.1 Å². The summed E-state index contributed by atoms with van der Waals surface area (Å²) in [7, 11) is 10.0. The number of ketones is 1. The fraction of sp³-hybridized carbons (Fsp3) is 0.783. The lowest BCUT2D eigenvalue weighted by Crippen LogP contribution is -2.55. The maximum absolute atomic E-state index is 12.8. The van der Waals surface area contributed by atoms with Crippen LogP contribution in [-0.2, 0) is 46.3 Å². The molecule has 2 aromatic rings. The maximum Gasteiger partial charge on any atom is 0.341 e. The summed E-state index contributed by atoms with van der Waals surface area (Å²) in [6, 6.07) is 3.83. The molecule has 3 aliphatic heterocycles. The molecule has 9 N–H and O–H groups in total. The van der Waals surface area contributed by atoms with Crippen molar-refractivity contribution in [2.45, 2.75) is 189 Å². The second-order valence-electron chi connectivity index (χ2n) is 21.4. The number of carbonyl (C=O) groups excluding carboxylic acids is 3. The Morgan fingerprint density at radius 3 is 1.94 bits per heavy atom. The van der Waals surface area contributed by atoms with Gasteiger partial charge in [-0.3, -0.25) is 19.2 Å². The van der Waals surface area contributed by atoms with Crippen LogP contribution in [0.4, 0.5) is 0 Å². The van der Waals surface area contributed by atoms with E-state index in [2.05, 4.69) is 63.0 Å². The molecular weight excluding hydrogens is 1050 g/mol. The van der Waals surface area contributed by atoms with Crippen molar-refractivity contribution < 1.29 is 73.9 Å². The van der Waals surface area contributed by atoms with Crippen molar-refractivity contribution in [3.05, 3.63) is 39.7 Å². The van der Waals surface area contributed by atoms with E-state index in [4.69, 9.17) is 34.6 Å². The molecule has 0 aliphatic carbocycles. The number of esters is 1. The molecule has 2 fully saturated rings. The first kappa shape index (κ1) is 82.9. The highest BCUT2D eigenvalue weighted by molar-refractivity contribution is 7.99. The zero-order chi connectivity index (χ0) is 62.7. The lowest BCUT2D eigenvalue weighted by atomic mass is 9.77. The van der Waals surface area contributed by atoms with Crippen molar-refractivity contribution in [3.8, 4) is 0 Å². The Morgan fingerprint density at radius 1 is 0.900 bits per heavy atom. The van der Waals surface area contributed by atoms with Crippen molar-refractivity contribution in [2.75, 3.05) is 81.8 Å². The average molecular weight is 1160 g/mol. The number of carboxylic acid groups (broad SMARTS) is 1. The zero-order valence-corrected chi connectivity index (χ0v) is 53.5. The van der Waals surface area contributed by atoms with Crippen LogP contribution in [0.25, 0.3) is 10.9 Å². The van der Waals surface area contributed by atoms with Crippen molar-refractivity contribution in [2.24, 2.45) is 41.4 Å². The molecule has 20 heteroatoms. The fourth-order valence-electron chi connectivity index (χ4n) is 9.71. The van der Waals surface area contributed by atoms with Crippen molar-refractivity contribution >= 4 is 46.8 Å². The second kappa shape index (κ2) is 48.9. The molecule has 0 bridgehead atoms. The number of methoxy groups -OCH3 is 1. The van der Waals surface area contributed by atoms with E-state index >= 15 is 0 Å². The number of aromatic nitrogens is 1. The smallest absolute Gasteiger partial charge is 0.341 e. The highest BCUT2D eigenvalue weighted by Gasteiger charge is 2.46. The molecule has 2 saturated heterocycles. The van der Waals surface area contributed by atoms with Crippen LogP contribution in [0, 0.1) is 41.4 Å². The van der Waals surface area contributed by atoms with Gasteiger partial charge in [0.15, 0.2) is 0 Å². The zero-order valence-electron chi connectivity index (χ0n) is 52.6. The van der Waals surface area contributed by atoms with E-state index in [1.54, 1.807) is 45.9 Å². The molecule has 0 radical (unpaired) electrons. The molecule has 5 rings (SSSR count). The number of nitrogens with one attached hydrogen (secondary N) is 2. The van der Waals surface area contributed by atoms with Gasteiger partial charge in [0.05, 0.1) is 49.6 Å². The normalized spacial score (nSPS) is 24.6. The fourth-order valence-corrected chi connectivity index (χ4v) is 10.6. The Labute approximate surface area is 485 Å². The molecule has 11 atom stereocenters. The van der Waals surface area contributed by atoms with Gasteiger partial charge in [-0.15, -0.1) is 11.8 Å². The summed E-state index contributed by atoms with van der Waals surface area (Å²) in [5.74, 6) is 0.457. The van der Waals surface area contributed by atoms with Crippen LogP contribution >= 0.6 is 11.8 Å². The number of benzene rings is 1. The molecule has 80 heavy (non-hydrogen) atoms. The Kier molecular flexibility index (Phi) is 50.7. The van der Waals surface area contributed by atoms with Crippen LogP contribution in [-0.4, -0.2) is 176 Å². The van der Waals surface area contributed by atoms with Gasteiger partial charge in [0.2, 0.25) is 11.8 Å². The van der Waals surface area contributed by atoms with E-state index in [0.717, 1.165) is 81.2 Å². The topological polar surface area (TPSA) is 293 Å². The van der Waals surface area contributed by atoms with Gasteiger partial charge in [-0.05, 0) is 121 Å². The molecule has 1 amide bonds. The number of carbonyl (C=O) groups is 4. The summed E-state index contributed by atoms with van der Waals surface area (Å²) in [5, 5.41) is 66.5. The number of Topliss-reactive ketones (excluding diaryl/α,β-unsaturated/α-hetero) is 1. The van der Waals surface area contributed by atoms with Gasteiger partial charge < -0.3 is 69.9 Å². The number of cyclic esters (lactones) is 1. The van der Waals surface area contributed by atoms with Crippen molar-refractivity contribution in [1.29, 1.82) is 0 Å². The Balaban J connectivity index is -0.000000489. The summed E-state index contributed by atoms with van der Waals surface area (Å²) in [6.07, 6.45) is 9.70. The number of ether oxygens (including phenoxy) is 4. The molecule has 470 valence electrons. The molecular formula is C60H113N3O16S. The number of amides is 1. The molecule has 5 unspecified atom stereocenters. The van der Waals surface area contributed by atoms with Crippen molar-refractivity contribution in [3.63, 3.8) is 0 Å². The van der Waals surface area contributed by atoms with Gasteiger partial charge in [0.1, 0.15) is 23.1 Å². The summed E-state index contributed by atoms with van der Waals surface area (Å²) in [4.78, 5) is 60.1. The molecule has 19 nitrogen and oxygen atoms in total. The van der Waals surface area contributed by atoms with Crippen LogP contribution in [0.15, 0.2) is 28.0 Å². The SMILES string of the molecule is CCCC(C)CC(C)C.CC[C@H]1OC(=O)C(C)C[C@H](C)C[C@@H](C)C[C@@H](C)C(=O)C(C)C(O)[C@]1(C)O.CNC.CO.CO.CO.COC.C[C@@H]1CCC(O)CO1.O=CNCCOCCSc1cc2c3c(c1)c(=O)c(C(=O)O)cn3CC2. The number of aromatic carboxylic acids is 1. The van der Waals surface area contributed by atoms with Crippen LogP contribution in [0.2, 0.25) is 0 Å². The Morgan fingerprint density at radius 2 is 1.46 bits per heavy atom. The first-order chi connectivity index (χ1) is 37.8. The second-order valence-corrected chi connectivity index (χ2v) is 22.5. The van der Waals surface area contributed by atoms with Crippen molar-refractivity contribution in [1.82, 2.24) is 15.2 Å². The number of thioether (sulfide) groups is 1.